The molecule has 0 bridgehead atoms. The van der Waals surface area contributed by atoms with Crippen molar-refractivity contribution in [3.05, 3.63) is 23.8 Å². The highest BCUT2D eigenvalue weighted by molar-refractivity contribution is 5.79. The molecule has 0 saturated carbocycles. The van der Waals surface area contributed by atoms with Gasteiger partial charge in [-0.1, -0.05) is 6.07 Å². The van der Waals surface area contributed by atoms with Crippen molar-refractivity contribution in [3.63, 3.8) is 0 Å². The molecule has 2 aliphatic heterocycles. The van der Waals surface area contributed by atoms with E-state index in [4.69, 9.17) is 14.2 Å². The fraction of sp³-hybridized carbons (Fsp3) is 0.611. The largest absolute Gasteiger partial charge is 0.454 e. The van der Waals surface area contributed by atoms with E-state index in [-0.39, 0.29) is 0 Å². The molecule has 3 rings (SSSR count). The summed E-state index contributed by atoms with van der Waals surface area (Å²) in [7, 11) is 1.79. The zero-order valence-electron chi connectivity index (χ0n) is 15.2. The highest BCUT2D eigenvalue weighted by atomic mass is 16.7. The number of morpholine rings is 1. The molecular formula is C18H28N4O3. The number of hydrogen-bond donors (Lipinski definition) is 2. The Morgan fingerprint density at radius 2 is 2.16 bits per heavy atom. The minimum Gasteiger partial charge on any atom is -0.454 e. The predicted octanol–water partition coefficient (Wildman–Crippen LogP) is 1.19. The highest BCUT2D eigenvalue weighted by Gasteiger charge is 2.23. The Labute approximate surface area is 149 Å². The van der Waals surface area contributed by atoms with Crippen molar-refractivity contribution in [3.8, 4) is 11.5 Å². The zero-order chi connectivity index (χ0) is 17.6. The molecule has 2 heterocycles. The lowest BCUT2D eigenvalue weighted by atomic mass is 10.2. The van der Waals surface area contributed by atoms with Crippen LogP contribution in [0.5, 0.6) is 11.5 Å². The first-order valence-electron chi connectivity index (χ1n) is 8.84. The minimum absolute atomic E-state index is 0.299. The molecule has 1 fully saturated rings. The molecule has 0 amide bonds. The smallest absolute Gasteiger partial charge is 0.231 e. The molecule has 138 valence electrons. The van der Waals surface area contributed by atoms with E-state index in [0.29, 0.717) is 25.4 Å². The molecule has 2 N–H and O–H groups in total. The van der Waals surface area contributed by atoms with Crippen LogP contribution in [0, 0.1) is 0 Å². The molecule has 1 aromatic rings. The molecule has 0 radical (unpaired) electrons. The first kappa shape index (κ1) is 17.8. The van der Waals surface area contributed by atoms with Crippen LogP contribution in [0.1, 0.15) is 19.4 Å². The number of hydrogen-bond acceptors (Lipinski definition) is 5. The van der Waals surface area contributed by atoms with Crippen LogP contribution in [0.3, 0.4) is 0 Å². The molecule has 0 spiro atoms. The third-order valence-electron chi connectivity index (χ3n) is 4.67. The van der Waals surface area contributed by atoms with Crippen molar-refractivity contribution in [1.82, 2.24) is 15.5 Å². The third kappa shape index (κ3) is 4.55. The number of guanidine groups is 1. The number of fused-ring (bicyclic) bond motifs is 1. The quantitative estimate of drug-likeness (QED) is 0.615. The number of nitrogens with one attached hydrogen (secondary N) is 2. The molecule has 25 heavy (non-hydrogen) atoms. The van der Waals surface area contributed by atoms with Gasteiger partial charge in [-0.05, 0) is 31.5 Å². The van der Waals surface area contributed by atoms with Gasteiger partial charge in [-0.3, -0.25) is 9.89 Å². The highest BCUT2D eigenvalue weighted by Crippen LogP contribution is 2.32. The lowest BCUT2D eigenvalue weighted by Gasteiger charge is -2.38. The molecular weight excluding hydrogens is 320 g/mol. The minimum atomic E-state index is 0.299. The van der Waals surface area contributed by atoms with E-state index in [2.05, 4.69) is 34.4 Å². The summed E-state index contributed by atoms with van der Waals surface area (Å²) in [6, 6.07) is 6.85. The summed E-state index contributed by atoms with van der Waals surface area (Å²) in [5, 5.41) is 6.76. The summed E-state index contributed by atoms with van der Waals surface area (Å²) < 4.78 is 16.3. The number of aliphatic imine (C=N–C) groups is 1. The van der Waals surface area contributed by atoms with Crippen molar-refractivity contribution in [2.75, 3.05) is 40.1 Å². The maximum atomic E-state index is 5.51. The third-order valence-corrected chi connectivity index (χ3v) is 4.67. The van der Waals surface area contributed by atoms with Crippen LogP contribution in [0.2, 0.25) is 0 Å². The topological polar surface area (TPSA) is 67.4 Å². The van der Waals surface area contributed by atoms with Gasteiger partial charge < -0.3 is 24.8 Å². The molecule has 1 saturated heterocycles. The molecule has 7 heteroatoms. The van der Waals surface area contributed by atoms with E-state index < -0.39 is 0 Å². The van der Waals surface area contributed by atoms with E-state index in [1.54, 1.807) is 7.05 Å². The summed E-state index contributed by atoms with van der Waals surface area (Å²) in [6.07, 6.45) is 0. The summed E-state index contributed by atoms with van der Waals surface area (Å²) in [5.41, 5.74) is 1.13. The van der Waals surface area contributed by atoms with Gasteiger partial charge in [0, 0.05) is 38.8 Å². The van der Waals surface area contributed by atoms with Crippen LogP contribution in [0.15, 0.2) is 23.2 Å². The predicted molar refractivity (Wildman–Crippen MR) is 97.2 cm³/mol. The lowest BCUT2D eigenvalue weighted by Crippen LogP contribution is -2.52. The maximum absolute atomic E-state index is 5.51. The molecule has 2 aliphatic rings. The maximum Gasteiger partial charge on any atom is 0.231 e. The molecule has 0 aromatic heterocycles. The van der Waals surface area contributed by atoms with E-state index in [1.807, 2.05) is 18.2 Å². The fourth-order valence-corrected chi connectivity index (χ4v) is 3.21. The monoisotopic (exact) mass is 348 g/mol. The van der Waals surface area contributed by atoms with Crippen molar-refractivity contribution >= 4 is 5.96 Å². The van der Waals surface area contributed by atoms with E-state index in [0.717, 1.165) is 49.3 Å². The summed E-state index contributed by atoms with van der Waals surface area (Å²) >= 11 is 0. The molecule has 7 nitrogen and oxygen atoms in total. The molecule has 0 aliphatic carbocycles. The van der Waals surface area contributed by atoms with E-state index >= 15 is 0 Å². The van der Waals surface area contributed by atoms with Crippen LogP contribution in [-0.4, -0.2) is 63.1 Å². The second kappa shape index (κ2) is 8.40. The van der Waals surface area contributed by atoms with Crippen molar-refractivity contribution in [2.24, 2.45) is 4.99 Å². The Bertz CT molecular complexity index is 608. The van der Waals surface area contributed by atoms with Crippen LogP contribution in [-0.2, 0) is 11.3 Å². The fourth-order valence-electron chi connectivity index (χ4n) is 3.21. The lowest BCUT2D eigenvalue weighted by molar-refractivity contribution is -0.0174. The van der Waals surface area contributed by atoms with Crippen LogP contribution in [0.4, 0.5) is 0 Å². The van der Waals surface area contributed by atoms with Gasteiger partial charge in [0.2, 0.25) is 6.79 Å². The van der Waals surface area contributed by atoms with Gasteiger partial charge in [0.25, 0.3) is 0 Å². The number of nitrogens with zero attached hydrogens (tertiary/aromatic N) is 2. The van der Waals surface area contributed by atoms with Crippen LogP contribution >= 0.6 is 0 Å². The van der Waals surface area contributed by atoms with Crippen molar-refractivity contribution < 1.29 is 14.2 Å². The number of benzene rings is 1. The van der Waals surface area contributed by atoms with Gasteiger partial charge in [-0.2, -0.15) is 0 Å². The summed E-state index contributed by atoms with van der Waals surface area (Å²) in [5.74, 6) is 2.40. The Kier molecular flexibility index (Phi) is 5.99. The van der Waals surface area contributed by atoms with Crippen LogP contribution in [0.25, 0.3) is 0 Å². The SMILES string of the molecule is CN=C(NCc1ccc2c(c1)OCO2)NCC(C)N1CCOCC1C. The van der Waals surface area contributed by atoms with Gasteiger partial charge in [0.15, 0.2) is 17.5 Å². The average molecular weight is 348 g/mol. The first-order valence-corrected chi connectivity index (χ1v) is 8.84. The van der Waals surface area contributed by atoms with Gasteiger partial charge >= 0.3 is 0 Å². The Hall–Kier alpha value is -1.99. The second-order valence-electron chi connectivity index (χ2n) is 6.51. The van der Waals surface area contributed by atoms with Crippen LogP contribution < -0.4 is 20.1 Å². The molecule has 2 atom stereocenters. The van der Waals surface area contributed by atoms with Gasteiger partial charge in [-0.25, -0.2) is 0 Å². The molecule has 2 unspecified atom stereocenters. The van der Waals surface area contributed by atoms with Gasteiger partial charge in [0.05, 0.1) is 13.2 Å². The normalized spacial score (nSPS) is 21.9. The second-order valence-corrected chi connectivity index (χ2v) is 6.51. The molecule has 1 aromatic carbocycles. The average Bonchev–Trinajstić information content (AvgIpc) is 3.09. The number of ether oxygens (including phenoxy) is 3. The first-order chi connectivity index (χ1) is 12.2. The van der Waals surface area contributed by atoms with E-state index in [9.17, 15) is 0 Å². The van der Waals surface area contributed by atoms with E-state index in [1.165, 1.54) is 0 Å². The Morgan fingerprint density at radius 3 is 2.96 bits per heavy atom. The number of rotatable bonds is 5. The Morgan fingerprint density at radius 1 is 1.32 bits per heavy atom. The van der Waals surface area contributed by atoms with Crippen molar-refractivity contribution in [1.29, 1.82) is 0 Å². The standard InChI is InChI=1S/C18H28N4O3/c1-13(22-6-7-23-11-14(22)2)9-20-18(19-3)21-10-15-4-5-16-17(8-15)25-12-24-16/h4-5,8,13-14H,6-7,9-12H2,1-3H3,(H2,19,20,21). The van der Waals surface area contributed by atoms with Gasteiger partial charge in [-0.15, -0.1) is 0 Å². The van der Waals surface area contributed by atoms with Crippen molar-refractivity contribution in [2.45, 2.75) is 32.5 Å². The summed E-state index contributed by atoms with van der Waals surface area (Å²) in [4.78, 5) is 6.78. The van der Waals surface area contributed by atoms with Gasteiger partial charge in [0.1, 0.15) is 0 Å². The Balaban J connectivity index is 1.46. The zero-order valence-corrected chi connectivity index (χ0v) is 15.2. The summed E-state index contributed by atoms with van der Waals surface area (Å²) in [6.45, 7) is 8.86.